The Morgan fingerprint density at radius 1 is 1.22 bits per heavy atom. The number of nitrogens with one attached hydrogen (secondary N) is 1. The standard InChI is InChI=1S/C16H33NO/c1-12(2)14-6-7-15(11-17-4)16(10-14)13(3)8-9-18-5/h12-17H,6-11H2,1-5H3. The molecule has 1 rings (SSSR count). The third-order valence-corrected chi connectivity index (χ3v) is 5.01. The van der Waals surface area contributed by atoms with Crippen LogP contribution in [0.1, 0.15) is 46.5 Å². The summed E-state index contributed by atoms with van der Waals surface area (Å²) in [6.45, 7) is 9.30. The maximum absolute atomic E-state index is 5.26. The van der Waals surface area contributed by atoms with Gasteiger partial charge in [0.25, 0.3) is 0 Å². The zero-order valence-electron chi connectivity index (χ0n) is 13.0. The van der Waals surface area contributed by atoms with Gasteiger partial charge in [0.05, 0.1) is 0 Å². The second-order valence-corrected chi connectivity index (χ2v) is 6.56. The maximum Gasteiger partial charge on any atom is 0.0464 e. The van der Waals surface area contributed by atoms with Gasteiger partial charge in [-0.25, -0.2) is 0 Å². The zero-order valence-corrected chi connectivity index (χ0v) is 13.0. The summed E-state index contributed by atoms with van der Waals surface area (Å²) in [5, 5.41) is 3.39. The molecule has 1 N–H and O–H groups in total. The van der Waals surface area contributed by atoms with Gasteiger partial charge in [0.15, 0.2) is 0 Å². The van der Waals surface area contributed by atoms with Crippen LogP contribution in [0.25, 0.3) is 0 Å². The van der Waals surface area contributed by atoms with Crippen LogP contribution in [-0.4, -0.2) is 27.3 Å². The van der Waals surface area contributed by atoms with Crippen LogP contribution < -0.4 is 5.32 Å². The lowest BCUT2D eigenvalue weighted by Gasteiger charge is -2.41. The summed E-state index contributed by atoms with van der Waals surface area (Å²) < 4.78 is 5.26. The molecule has 0 amide bonds. The molecule has 0 bridgehead atoms. The molecule has 108 valence electrons. The van der Waals surface area contributed by atoms with Crippen molar-refractivity contribution in [3.63, 3.8) is 0 Å². The molecule has 4 atom stereocenters. The highest BCUT2D eigenvalue weighted by molar-refractivity contribution is 4.85. The highest BCUT2D eigenvalue weighted by Crippen LogP contribution is 2.41. The Kier molecular flexibility index (Phi) is 7.25. The molecule has 0 radical (unpaired) electrons. The average molecular weight is 255 g/mol. The lowest BCUT2D eigenvalue weighted by atomic mass is 9.66. The van der Waals surface area contributed by atoms with Crippen molar-refractivity contribution in [2.45, 2.75) is 46.5 Å². The second-order valence-electron chi connectivity index (χ2n) is 6.56. The van der Waals surface area contributed by atoms with Crippen LogP contribution in [0.5, 0.6) is 0 Å². The molecule has 0 heterocycles. The minimum atomic E-state index is 0.796. The van der Waals surface area contributed by atoms with E-state index >= 15 is 0 Å². The molecule has 0 aromatic rings. The second kappa shape index (κ2) is 8.16. The van der Waals surface area contributed by atoms with E-state index in [9.17, 15) is 0 Å². The molecule has 0 aromatic carbocycles. The van der Waals surface area contributed by atoms with Gasteiger partial charge in [-0.3, -0.25) is 0 Å². The Bertz CT molecular complexity index is 217. The number of hydrogen-bond acceptors (Lipinski definition) is 2. The molecule has 4 unspecified atom stereocenters. The van der Waals surface area contributed by atoms with Crippen molar-refractivity contribution in [3.05, 3.63) is 0 Å². The fraction of sp³-hybridized carbons (Fsp3) is 1.00. The summed E-state index contributed by atoms with van der Waals surface area (Å²) in [4.78, 5) is 0. The van der Waals surface area contributed by atoms with E-state index in [1.165, 1.54) is 32.2 Å². The van der Waals surface area contributed by atoms with Crippen molar-refractivity contribution in [3.8, 4) is 0 Å². The third kappa shape index (κ3) is 4.55. The topological polar surface area (TPSA) is 21.3 Å². The summed E-state index contributed by atoms with van der Waals surface area (Å²) in [5.74, 6) is 4.33. The Morgan fingerprint density at radius 3 is 2.50 bits per heavy atom. The van der Waals surface area contributed by atoms with Crippen LogP contribution >= 0.6 is 0 Å². The van der Waals surface area contributed by atoms with Crippen LogP contribution in [0.2, 0.25) is 0 Å². The van der Waals surface area contributed by atoms with Gasteiger partial charge in [-0.1, -0.05) is 20.8 Å². The smallest absolute Gasteiger partial charge is 0.0464 e. The van der Waals surface area contributed by atoms with Gasteiger partial charge in [-0.15, -0.1) is 0 Å². The first-order valence-electron chi connectivity index (χ1n) is 7.73. The van der Waals surface area contributed by atoms with Crippen molar-refractivity contribution in [2.24, 2.45) is 29.6 Å². The van der Waals surface area contributed by atoms with Gasteiger partial charge in [-0.05, 0) is 68.9 Å². The highest BCUT2D eigenvalue weighted by Gasteiger charge is 2.34. The highest BCUT2D eigenvalue weighted by atomic mass is 16.5. The predicted octanol–water partition coefficient (Wildman–Crippen LogP) is 3.57. The molecule has 2 heteroatoms. The molecule has 1 fully saturated rings. The average Bonchev–Trinajstić information content (AvgIpc) is 2.36. The van der Waals surface area contributed by atoms with E-state index in [2.05, 4.69) is 33.1 Å². The van der Waals surface area contributed by atoms with Gasteiger partial charge < -0.3 is 10.1 Å². The van der Waals surface area contributed by atoms with E-state index < -0.39 is 0 Å². The van der Waals surface area contributed by atoms with E-state index in [-0.39, 0.29) is 0 Å². The lowest BCUT2D eigenvalue weighted by Crippen LogP contribution is -2.36. The fourth-order valence-corrected chi connectivity index (χ4v) is 3.64. The van der Waals surface area contributed by atoms with Gasteiger partial charge in [0.1, 0.15) is 0 Å². The Balaban J connectivity index is 2.59. The van der Waals surface area contributed by atoms with Gasteiger partial charge >= 0.3 is 0 Å². The molecule has 0 aromatic heterocycles. The van der Waals surface area contributed by atoms with E-state index in [0.717, 1.165) is 36.2 Å². The lowest BCUT2D eigenvalue weighted by molar-refractivity contribution is 0.0836. The van der Waals surface area contributed by atoms with Gasteiger partial charge in [0.2, 0.25) is 0 Å². The summed E-state index contributed by atoms with van der Waals surface area (Å²) in [6, 6.07) is 0. The molecule has 18 heavy (non-hydrogen) atoms. The zero-order chi connectivity index (χ0) is 13.5. The quantitative estimate of drug-likeness (QED) is 0.751. The number of methoxy groups -OCH3 is 1. The number of ether oxygens (including phenoxy) is 1. The van der Waals surface area contributed by atoms with Crippen LogP contribution in [-0.2, 0) is 4.74 Å². The van der Waals surface area contributed by atoms with Crippen molar-refractivity contribution >= 4 is 0 Å². The molecule has 0 aliphatic heterocycles. The molecular formula is C16H33NO. The Morgan fingerprint density at radius 2 is 1.94 bits per heavy atom. The summed E-state index contributed by atoms with van der Waals surface area (Å²) >= 11 is 0. The van der Waals surface area contributed by atoms with Crippen molar-refractivity contribution in [1.82, 2.24) is 5.32 Å². The third-order valence-electron chi connectivity index (χ3n) is 5.01. The van der Waals surface area contributed by atoms with Crippen LogP contribution in [0.15, 0.2) is 0 Å². The monoisotopic (exact) mass is 255 g/mol. The summed E-state index contributed by atoms with van der Waals surface area (Å²) in [6.07, 6.45) is 5.48. The summed E-state index contributed by atoms with van der Waals surface area (Å²) in [7, 11) is 3.90. The summed E-state index contributed by atoms with van der Waals surface area (Å²) in [5.41, 5.74) is 0. The van der Waals surface area contributed by atoms with Crippen molar-refractivity contribution < 1.29 is 4.74 Å². The SMILES string of the molecule is CNCC1CCC(C(C)C)CC1C(C)CCOC. The first-order valence-corrected chi connectivity index (χ1v) is 7.73. The number of rotatable bonds is 7. The molecule has 1 aliphatic carbocycles. The minimum absolute atomic E-state index is 0.796. The van der Waals surface area contributed by atoms with Gasteiger partial charge in [0, 0.05) is 13.7 Å². The van der Waals surface area contributed by atoms with Gasteiger partial charge in [-0.2, -0.15) is 0 Å². The van der Waals surface area contributed by atoms with Crippen molar-refractivity contribution in [1.29, 1.82) is 0 Å². The van der Waals surface area contributed by atoms with E-state index in [4.69, 9.17) is 4.74 Å². The largest absolute Gasteiger partial charge is 0.385 e. The van der Waals surface area contributed by atoms with Crippen LogP contribution in [0.4, 0.5) is 0 Å². The fourth-order valence-electron chi connectivity index (χ4n) is 3.64. The van der Waals surface area contributed by atoms with Crippen LogP contribution in [0, 0.1) is 29.6 Å². The Hall–Kier alpha value is -0.0800. The molecule has 0 saturated heterocycles. The normalized spacial score (nSPS) is 30.7. The number of hydrogen-bond donors (Lipinski definition) is 1. The molecule has 1 aliphatic rings. The predicted molar refractivity (Wildman–Crippen MR) is 78.7 cm³/mol. The minimum Gasteiger partial charge on any atom is -0.385 e. The Labute approximate surface area is 114 Å². The molecule has 2 nitrogen and oxygen atoms in total. The molecular weight excluding hydrogens is 222 g/mol. The first-order chi connectivity index (χ1) is 8.60. The molecule has 0 spiro atoms. The molecule has 1 saturated carbocycles. The maximum atomic E-state index is 5.26. The van der Waals surface area contributed by atoms with Crippen molar-refractivity contribution in [2.75, 3.05) is 27.3 Å². The van der Waals surface area contributed by atoms with E-state index in [0.29, 0.717) is 0 Å². The van der Waals surface area contributed by atoms with E-state index in [1.807, 2.05) is 7.11 Å². The van der Waals surface area contributed by atoms with Crippen LogP contribution in [0.3, 0.4) is 0 Å². The first kappa shape index (κ1) is 16.0. The van der Waals surface area contributed by atoms with E-state index in [1.54, 1.807) is 0 Å².